The first-order chi connectivity index (χ1) is 5.79. The highest BCUT2D eigenvalue weighted by atomic mass is 15.1. The van der Waals surface area contributed by atoms with E-state index in [1.165, 1.54) is 5.70 Å². The maximum Gasteiger partial charge on any atom is 0.0415 e. The highest BCUT2D eigenvalue weighted by Gasteiger charge is 2.16. The maximum absolute atomic E-state index is 4.30. The van der Waals surface area contributed by atoms with Gasteiger partial charge in [0.2, 0.25) is 0 Å². The maximum atomic E-state index is 4.30. The van der Waals surface area contributed by atoms with Gasteiger partial charge in [-0.2, -0.15) is 0 Å². The van der Waals surface area contributed by atoms with Crippen molar-refractivity contribution in [3.05, 3.63) is 11.8 Å². The second-order valence-electron chi connectivity index (χ2n) is 4.54. The minimum Gasteiger partial charge on any atom is -0.381 e. The molecule has 0 aliphatic heterocycles. The van der Waals surface area contributed by atoms with Crippen molar-refractivity contribution < 1.29 is 0 Å². The predicted molar refractivity (Wildman–Crippen MR) is 60.3 cm³/mol. The zero-order chi connectivity index (χ0) is 10.6. The zero-order valence-electron chi connectivity index (χ0n) is 9.97. The van der Waals surface area contributed by atoms with E-state index in [4.69, 9.17) is 0 Å². The first-order valence-corrected chi connectivity index (χ1v) is 4.62. The highest BCUT2D eigenvalue weighted by Crippen LogP contribution is 2.18. The van der Waals surface area contributed by atoms with Crippen molar-refractivity contribution in [3.63, 3.8) is 0 Å². The Labute approximate surface area is 82.4 Å². The molecule has 0 saturated heterocycles. The number of hydrogen-bond acceptors (Lipinski definition) is 2. The monoisotopic (exact) mass is 182 g/mol. The Morgan fingerprint density at radius 3 is 1.92 bits per heavy atom. The van der Waals surface area contributed by atoms with Crippen molar-refractivity contribution in [1.29, 1.82) is 0 Å². The summed E-state index contributed by atoms with van der Waals surface area (Å²) >= 11 is 0. The molecule has 0 aliphatic carbocycles. The first-order valence-electron chi connectivity index (χ1n) is 4.62. The average molecular weight is 182 g/mol. The summed E-state index contributed by atoms with van der Waals surface area (Å²) < 4.78 is 0. The van der Waals surface area contributed by atoms with E-state index < -0.39 is 0 Å². The molecule has 0 aromatic carbocycles. The van der Waals surface area contributed by atoms with E-state index in [-0.39, 0.29) is 5.41 Å². The van der Waals surface area contributed by atoms with Crippen LogP contribution < -0.4 is 0 Å². The second kappa shape index (κ2) is 4.45. The smallest absolute Gasteiger partial charge is 0.0415 e. The van der Waals surface area contributed by atoms with Crippen molar-refractivity contribution >= 4 is 5.71 Å². The van der Waals surface area contributed by atoms with Gasteiger partial charge in [0.25, 0.3) is 0 Å². The van der Waals surface area contributed by atoms with Crippen LogP contribution in [0.25, 0.3) is 0 Å². The third-order valence-electron chi connectivity index (χ3n) is 2.06. The third kappa shape index (κ3) is 4.11. The molecule has 0 saturated carbocycles. The Bertz CT molecular complexity index is 217. The van der Waals surface area contributed by atoms with Crippen LogP contribution in [0.5, 0.6) is 0 Å². The van der Waals surface area contributed by atoms with Crippen LogP contribution in [0, 0.1) is 5.41 Å². The van der Waals surface area contributed by atoms with Gasteiger partial charge in [-0.3, -0.25) is 4.99 Å². The molecular formula is C11H22N2. The molecule has 0 spiro atoms. The minimum atomic E-state index is 0.131. The average Bonchev–Trinajstić information content (AvgIpc) is 1.96. The molecule has 0 aromatic heterocycles. The van der Waals surface area contributed by atoms with Crippen LogP contribution >= 0.6 is 0 Å². The van der Waals surface area contributed by atoms with Gasteiger partial charge in [0.05, 0.1) is 0 Å². The summed E-state index contributed by atoms with van der Waals surface area (Å²) in [4.78, 5) is 6.39. The Balaban J connectivity index is 4.77. The molecule has 0 amide bonds. The molecule has 0 radical (unpaired) electrons. The van der Waals surface area contributed by atoms with Crippen molar-refractivity contribution in [2.24, 2.45) is 10.4 Å². The lowest BCUT2D eigenvalue weighted by atomic mass is 9.89. The van der Waals surface area contributed by atoms with Crippen LogP contribution in [0.4, 0.5) is 0 Å². The number of rotatable bonds is 2. The van der Waals surface area contributed by atoms with Crippen molar-refractivity contribution in [1.82, 2.24) is 4.90 Å². The Hall–Kier alpha value is -0.790. The van der Waals surface area contributed by atoms with E-state index in [9.17, 15) is 0 Å². The van der Waals surface area contributed by atoms with Gasteiger partial charge in [0.1, 0.15) is 0 Å². The quantitative estimate of drug-likeness (QED) is 0.599. The molecule has 13 heavy (non-hydrogen) atoms. The van der Waals surface area contributed by atoms with Gasteiger partial charge in [-0.1, -0.05) is 20.8 Å². The van der Waals surface area contributed by atoms with Gasteiger partial charge in [-0.05, 0) is 13.0 Å². The largest absolute Gasteiger partial charge is 0.381 e. The van der Waals surface area contributed by atoms with Gasteiger partial charge >= 0.3 is 0 Å². The molecule has 0 heterocycles. The highest BCUT2D eigenvalue weighted by molar-refractivity contribution is 5.99. The topological polar surface area (TPSA) is 15.6 Å². The summed E-state index contributed by atoms with van der Waals surface area (Å²) in [5.74, 6) is 0. The lowest BCUT2D eigenvalue weighted by molar-refractivity contribution is 0.512. The van der Waals surface area contributed by atoms with E-state index >= 15 is 0 Å². The van der Waals surface area contributed by atoms with Crippen LogP contribution in [0.3, 0.4) is 0 Å². The Kier molecular flexibility index (Phi) is 4.18. The van der Waals surface area contributed by atoms with Gasteiger partial charge in [0.15, 0.2) is 0 Å². The zero-order valence-corrected chi connectivity index (χ0v) is 9.97. The predicted octanol–water partition coefficient (Wildman–Crippen LogP) is 2.57. The molecule has 76 valence electrons. The molecule has 0 fully saturated rings. The first kappa shape index (κ1) is 12.2. The fraction of sp³-hybridized carbons (Fsp3) is 0.727. The summed E-state index contributed by atoms with van der Waals surface area (Å²) in [7, 11) is 5.93. The van der Waals surface area contributed by atoms with E-state index in [0.717, 1.165) is 5.71 Å². The minimum absolute atomic E-state index is 0.131. The molecule has 2 heteroatoms. The van der Waals surface area contributed by atoms with E-state index in [1.54, 1.807) is 0 Å². The van der Waals surface area contributed by atoms with Gasteiger partial charge < -0.3 is 4.90 Å². The number of aliphatic imine (C=N–C) groups is 1. The summed E-state index contributed by atoms with van der Waals surface area (Å²) in [5.41, 5.74) is 2.50. The van der Waals surface area contributed by atoms with Crippen molar-refractivity contribution in [2.45, 2.75) is 27.7 Å². The molecular weight excluding hydrogens is 160 g/mol. The van der Waals surface area contributed by atoms with Crippen LogP contribution in [-0.2, 0) is 0 Å². The fourth-order valence-electron chi connectivity index (χ4n) is 0.943. The van der Waals surface area contributed by atoms with Crippen molar-refractivity contribution in [3.8, 4) is 0 Å². The Morgan fingerprint density at radius 2 is 1.69 bits per heavy atom. The molecule has 0 aromatic rings. The summed E-state index contributed by atoms with van der Waals surface area (Å²) in [6, 6.07) is 0. The third-order valence-corrected chi connectivity index (χ3v) is 2.06. The lowest BCUT2D eigenvalue weighted by Crippen LogP contribution is -2.20. The van der Waals surface area contributed by atoms with Crippen molar-refractivity contribution in [2.75, 3.05) is 21.1 Å². The van der Waals surface area contributed by atoms with Crippen LogP contribution in [0.15, 0.2) is 16.8 Å². The Morgan fingerprint density at radius 1 is 1.23 bits per heavy atom. The van der Waals surface area contributed by atoms with Gasteiger partial charge in [-0.15, -0.1) is 0 Å². The van der Waals surface area contributed by atoms with Gasteiger partial charge in [0, 0.05) is 38.0 Å². The summed E-state index contributed by atoms with van der Waals surface area (Å²) in [6.07, 6.45) is 2.14. The second-order valence-corrected chi connectivity index (χ2v) is 4.54. The van der Waals surface area contributed by atoms with Crippen LogP contribution in [0.2, 0.25) is 0 Å². The fourth-order valence-corrected chi connectivity index (χ4v) is 0.943. The number of hydrogen-bond donors (Lipinski definition) is 0. The molecule has 0 atom stereocenters. The van der Waals surface area contributed by atoms with Gasteiger partial charge in [-0.25, -0.2) is 0 Å². The molecule has 0 aliphatic rings. The molecule has 0 rings (SSSR count). The van der Waals surface area contributed by atoms with E-state index in [2.05, 4.69) is 43.7 Å². The molecule has 0 unspecified atom stereocenters. The SMILES string of the molecule is C/N=C(/C=C(/C)N(C)C)C(C)(C)C. The van der Waals surface area contributed by atoms with E-state index in [1.807, 2.05) is 21.1 Å². The van der Waals surface area contributed by atoms with Crippen LogP contribution in [0.1, 0.15) is 27.7 Å². The number of allylic oxidation sites excluding steroid dienone is 2. The van der Waals surface area contributed by atoms with Crippen LogP contribution in [-0.4, -0.2) is 31.8 Å². The lowest BCUT2D eigenvalue weighted by Gasteiger charge is -2.21. The van der Waals surface area contributed by atoms with E-state index in [0.29, 0.717) is 0 Å². The number of nitrogens with zero attached hydrogens (tertiary/aromatic N) is 2. The molecule has 0 bridgehead atoms. The molecule has 0 N–H and O–H groups in total. The molecule has 2 nitrogen and oxygen atoms in total. The standard InChI is InChI=1S/C11H22N2/c1-9(13(6)7)8-10(12-5)11(2,3)4/h8H,1-7H3/b9-8-,12-10-. The normalized spacial score (nSPS) is 14.7. The summed E-state index contributed by atoms with van der Waals surface area (Å²) in [5, 5.41) is 0. The summed E-state index contributed by atoms with van der Waals surface area (Å²) in [6.45, 7) is 8.62.